The van der Waals surface area contributed by atoms with Crippen molar-refractivity contribution < 1.29 is 14.3 Å². The number of nitrogens with zero attached hydrogens (tertiary/aromatic N) is 1. The molecule has 4 heteroatoms. The van der Waals surface area contributed by atoms with Crippen LogP contribution in [0.15, 0.2) is 18.2 Å². The topological polar surface area (TPSA) is 38.8 Å². The smallest absolute Gasteiger partial charge is 0.231 e. The first-order valence-electron chi connectivity index (χ1n) is 8.53. The minimum atomic E-state index is 0.212. The molecule has 1 saturated heterocycles. The van der Waals surface area contributed by atoms with Crippen LogP contribution in [0, 0.1) is 5.92 Å². The van der Waals surface area contributed by atoms with Crippen molar-refractivity contribution in [3.63, 3.8) is 0 Å². The monoisotopic (exact) mass is 301 g/mol. The van der Waals surface area contributed by atoms with Gasteiger partial charge in [0.1, 0.15) is 0 Å². The molecule has 1 aromatic carbocycles. The fourth-order valence-electron chi connectivity index (χ4n) is 4.08. The van der Waals surface area contributed by atoms with E-state index in [1.807, 2.05) is 6.07 Å². The third kappa shape index (κ3) is 2.44. The normalized spacial score (nSPS) is 24.7. The third-order valence-corrected chi connectivity index (χ3v) is 5.27. The maximum absolute atomic E-state index is 12.9. The number of carbonyl (C=O) groups is 1. The minimum Gasteiger partial charge on any atom is -0.454 e. The van der Waals surface area contributed by atoms with E-state index in [1.165, 1.54) is 24.8 Å². The molecule has 4 rings (SSSR count). The van der Waals surface area contributed by atoms with Gasteiger partial charge in [-0.05, 0) is 43.4 Å². The molecule has 1 saturated carbocycles. The second-order valence-corrected chi connectivity index (χ2v) is 6.64. The van der Waals surface area contributed by atoms with Gasteiger partial charge >= 0.3 is 0 Å². The molecule has 2 aliphatic heterocycles. The zero-order chi connectivity index (χ0) is 14.9. The molecule has 4 nitrogen and oxygen atoms in total. The van der Waals surface area contributed by atoms with E-state index < -0.39 is 0 Å². The van der Waals surface area contributed by atoms with Gasteiger partial charge < -0.3 is 14.4 Å². The van der Waals surface area contributed by atoms with Crippen molar-refractivity contribution in [2.75, 3.05) is 13.3 Å². The summed E-state index contributed by atoms with van der Waals surface area (Å²) < 4.78 is 10.9. The Morgan fingerprint density at radius 3 is 2.68 bits per heavy atom. The summed E-state index contributed by atoms with van der Waals surface area (Å²) in [6, 6.07) is 6.33. The molecule has 0 bridgehead atoms. The predicted molar refractivity (Wildman–Crippen MR) is 82.8 cm³/mol. The molecule has 2 fully saturated rings. The average molecular weight is 301 g/mol. The van der Waals surface area contributed by atoms with Gasteiger partial charge in [-0.3, -0.25) is 4.79 Å². The summed E-state index contributed by atoms with van der Waals surface area (Å²) in [6.45, 7) is 1.20. The first-order valence-corrected chi connectivity index (χ1v) is 8.53. The lowest BCUT2D eigenvalue weighted by Crippen LogP contribution is -2.36. The molecule has 118 valence electrons. The lowest BCUT2D eigenvalue weighted by Gasteiger charge is -2.31. The molecule has 1 atom stereocenters. The van der Waals surface area contributed by atoms with Crippen LogP contribution in [-0.2, 0) is 4.79 Å². The number of carbonyl (C=O) groups excluding carboxylic acids is 1. The van der Waals surface area contributed by atoms with Gasteiger partial charge in [-0.1, -0.05) is 25.3 Å². The minimum absolute atomic E-state index is 0.212. The van der Waals surface area contributed by atoms with Crippen molar-refractivity contribution in [2.45, 2.75) is 51.0 Å². The van der Waals surface area contributed by atoms with Crippen molar-refractivity contribution in [1.82, 2.24) is 4.90 Å². The van der Waals surface area contributed by atoms with E-state index in [1.54, 1.807) is 0 Å². The van der Waals surface area contributed by atoms with Crippen molar-refractivity contribution >= 4 is 5.91 Å². The van der Waals surface area contributed by atoms with Gasteiger partial charge in [-0.2, -0.15) is 0 Å². The van der Waals surface area contributed by atoms with Gasteiger partial charge in [0.2, 0.25) is 12.7 Å². The number of hydrogen-bond donors (Lipinski definition) is 0. The van der Waals surface area contributed by atoms with Gasteiger partial charge in [-0.15, -0.1) is 0 Å². The average Bonchev–Trinajstić information content (AvgIpc) is 3.23. The van der Waals surface area contributed by atoms with Crippen LogP contribution in [0.5, 0.6) is 11.5 Å². The van der Waals surface area contributed by atoms with Crippen LogP contribution in [0.3, 0.4) is 0 Å². The Bertz CT molecular complexity index is 565. The Hall–Kier alpha value is -1.71. The number of benzene rings is 1. The third-order valence-electron chi connectivity index (χ3n) is 5.27. The van der Waals surface area contributed by atoms with Crippen LogP contribution in [0.25, 0.3) is 0 Å². The highest BCUT2D eigenvalue weighted by atomic mass is 16.7. The lowest BCUT2D eigenvalue weighted by atomic mass is 9.88. The van der Waals surface area contributed by atoms with Crippen LogP contribution in [-0.4, -0.2) is 24.1 Å². The summed E-state index contributed by atoms with van der Waals surface area (Å²) >= 11 is 0. The molecule has 2 heterocycles. The predicted octanol–water partition coefficient (Wildman–Crippen LogP) is 3.66. The van der Waals surface area contributed by atoms with E-state index in [9.17, 15) is 4.79 Å². The quantitative estimate of drug-likeness (QED) is 0.837. The molecule has 1 amide bonds. The van der Waals surface area contributed by atoms with E-state index >= 15 is 0 Å². The Balaban J connectivity index is 1.54. The number of hydrogen-bond acceptors (Lipinski definition) is 3. The van der Waals surface area contributed by atoms with Crippen LogP contribution in [0.1, 0.15) is 56.6 Å². The van der Waals surface area contributed by atoms with Crippen molar-refractivity contribution in [3.05, 3.63) is 23.8 Å². The molecule has 1 unspecified atom stereocenters. The molecular formula is C18H23NO3. The second kappa shape index (κ2) is 5.82. The van der Waals surface area contributed by atoms with E-state index in [4.69, 9.17) is 9.47 Å². The summed E-state index contributed by atoms with van der Waals surface area (Å²) in [5.74, 6) is 2.25. The molecule has 3 aliphatic rings. The van der Waals surface area contributed by atoms with Crippen LogP contribution >= 0.6 is 0 Å². The standard InChI is InChI=1S/C18H23NO3/c20-18(13-5-2-1-3-6-13)19-10-4-7-15(19)14-8-9-16-17(11-14)22-12-21-16/h8-9,11,13,15H,1-7,10,12H2. The van der Waals surface area contributed by atoms with Crippen LogP contribution < -0.4 is 9.47 Å². The highest BCUT2D eigenvalue weighted by Crippen LogP contribution is 2.40. The largest absolute Gasteiger partial charge is 0.454 e. The van der Waals surface area contributed by atoms with Crippen molar-refractivity contribution in [2.24, 2.45) is 5.92 Å². The molecule has 1 aromatic rings. The molecule has 0 aromatic heterocycles. The maximum atomic E-state index is 12.9. The van der Waals surface area contributed by atoms with Gasteiger partial charge in [0.25, 0.3) is 0 Å². The zero-order valence-electron chi connectivity index (χ0n) is 12.9. The van der Waals surface area contributed by atoms with Gasteiger partial charge in [0.15, 0.2) is 11.5 Å². The number of rotatable bonds is 2. The first kappa shape index (κ1) is 13.9. The Kier molecular flexibility index (Phi) is 3.68. The Morgan fingerprint density at radius 2 is 1.82 bits per heavy atom. The number of amides is 1. The number of fused-ring (bicyclic) bond motifs is 1. The van der Waals surface area contributed by atoms with Gasteiger partial charge in [0, 0.05) is 12.5 Å². The summed E-state index contributed by atoms with van der Waals surface area (Å²) in [7, 11) is 0. The Morgan fingerprint density at radius 1 is 1.00 bits per heavy atom. The van der Waals surface area contributed by atoms with Crippen LogP contribution in [0.2, 0.25) is 0 Å². The van der Waals surface area contributed by atoms with Crippen molar-refractivity contribution in [1.29, 1.82) is 0 Å². The van der Waals surface area contributed by atoms with E-state index in [0.29, 0.717) is 12.7 Å². The fourth-order valence-corrected chi connectivity index (χ4v) is 4.08. The van der Waals surface area contributed by atoms with E-state index in [0.717, 1.165) is 43.7 Å². The summed E-state index contributed by atoms with van der Waals surface area (Å²) in [4.78, 5) is 15.0. The Labute approximate surface area is 131 Å². The zero-order valence-corrected chi connectivity index (χ0v) is 12.9. The highest BCUT2D eigenvalue weighted by Gasteiger charge is 2.34. The maximum Gasteiger partial charge on any atom is 0.231 e. The van der Waals surface area contributed by atoms with Gasteiger partial charge in [0.05, 0.1) is 6.04 Å². The lowest BCUT2D eigenvalue weighted by molar-refractivity contribution is -0.137. The molecule has 0 radical (unpaired) electrons. The molecule has 1 aliphatic carbocycles. The highest BCUT2D eigenvalue weighted by molar-refractivity contribution is 5.79. The number of ether oxygens (including phenoxy) is 2. The molecule has 0 N–H and O–H groups in total. The molecule has 22 heavy (non-hydrogen) atoms. The first-order chi connectivity index (χ1) is 10.8. The fraction of sp³-hybridized carbons (Fsp3) is 0.611. The SMILES string of the molecule is O=C(C1CCCCC1)N1CCCC1c1ccc2c(c1)OCO2. The van der Waals surface area contributed by atoms with E-state index in [2.05, 4.69) is 17.0 Å². The summed E-state index contributed by atoms with van der Waals surface area (Å²) in [5, 5.41) is 0. The summed E-state index contributed by atoms with van der Waals surface area (Å²) in [6.07, 6.45) is 8.00. The van der Waals surface area contributed by atoms with Gasteiger partial charge in [-0.25, -0.2) is 0 Å². The molecular weight excluding hydrogens is 278 g/mol. The van der Waals surface area contributed by atoms with Crippen LogP contribution in [0.4, 0.5) is 0 Å². The second-order valence-electron chi connectivity index (χ2n) is 6.64. The molecule has 0 spiro atoms. The summed E-state index contributed by atoms with van der Waals surface area (Å²) in [5.41, 5.74) is 1.19. The number of likely N-dealkylation sites (tertiary alicyclic amines) is 1. The van der Waals surface area contributed by atoms with Crippen molar-refractivity contribution in [3.8, 4) is 11.5 Å². The van der Waals surface area contributed by atoms with E-state index in [-0.39, 0.29) is 12.0 Å².